The van der Waals surface area contributed by atoms with Gasteiger partial charge in [0.25, 0.3) is 0 Å². The van der Waals surface area contributed by atoms with E-state index in [1.54, 1.807) is 0 Å². The lowest BCUT2D eigenvalue weighted by molar-refractivity contribution is 0.244. The average Bonchev–Trinajstić information content (AvgIpc) is 2.97. The summed E-state index contributed by atoms with van der Waals surface area (Å²) in [7, 11) is 0. The molecule has 2 saturated carbocycles. The Morgan fingerprint density at radius 2 is 2.05 bits per heavy atom. The minimum absolute atomic E-state index is 0.464. The van der Waals surface area contributed by atoms with E-state index in [0.29, 0.717) is 5.41 Å². The topological polar surface area (TPSA) is 29.9 Å². The smallest absolute Gasteiger partial charge is 0.0738 e. The number of hydrogen-bond acceptors (Lipinski definition) is 2. The number of rotatable bonds is 6. The van der Waals surface area contributed by atoms with Gasteiger partial charge in [-0.3, -0.25) is 4.68 Å². The van der Waals surface area contributed by atoms with Crippen LogP contribution in [-0.2, 0) is 13.0 Å². The van der Waals surface area contributed by atoms with Gasteiger partial charge in [0.05, 0.1) is 15.9 Å². The first-order valence-corrected chi connectivity index (χ1v) is 8.80. The third-order valence-electron chi connectivity index (χ3n) is 5.20. The van der Waals surface area contributed by atoms with Crippen molar-refractivity contribution >= 4 is 15.9 Å². The summed E-state index contributed by atoms with van der Waals surface area (Å²) >= 11 is 3.76. The van der Waals surface area contributed by atoms with Crippen LogP contribution in [0.1, 0.15) is 44.5 Å². The Morgan fingerprint density at radius 3 is 2.65 bits per heavy atom. The van der Waals surface area contributed by atoms with Gasteiger partial charge >= 0.3 is 0 Å². The zero-order chi connectivity index (χ0) is 14.3. The van der Waals surface area contributed by atoms with Crippen LogP contribution in [0, 0.1) is 24.2 Å². The highest BCUT2D eigenvalue weighted by Gasteiger charge is 2.53. The molecule has 4 heteroatoms. The molecule has 2 unspecified atom stereocenters. The molecule has 1 aromatic rings. The van der Waals surface area contributed by atoms with Crippen LogP contribution in [0.2, 0.25) is 0 Å². The molecule has 0 bridgehead atoms. The maximum atomic E-state index is 4.66. The molecule has 2 aliphatic carbocycles. The Morgan fingerprint density at radius 1 is 1.35 bits per heavy atom. The predicted octanol–water partition coefficient (Wildman–Crippen LogP) is 3.54. The average molecular weight is 340 g/mol. The molecule has 0 aliphatic heterocycles. The fourth-order valence-electron chi connectivity index (χ4n) is 4.14. The Bertz CT molecular complexity index is 484. The van der Waals surface area contributed by atoms with Crippen LogP contribution < -0.4 is 5.32 Å². The van der Waals surface area contributed by atoms with Crippen LogP contribution >= 0.6 is 15.9 Å². The molecule has 1 aromatic heterocycles. The Labute approximate surface area is 130 Å². The molecule has 3 rings (SSSR count). The van der Waals surface area contributed by atoms with Gasteiger partial charge in [-0.15, -0.1) is 0 Å². The van der Waals surface area contributed by atoms with Crippen LogP contribution in [0.15, 0.2) is 4.47 Å². The predicted molar refractivity (Wildman–Crippen MR) is 85.8 cm³/mol. The summed E-state index contributed by atoms with van der Waals surface area (Å²) in [5, 5.41) is 8.27. The van der Waals surface area contributed by atoms with Gasteiger partial charge in [0.1, 0.15) is 0 Å². The van der Waals surface area contributed by atoms with Crippen molar-refractivity contribution in [3.63, 3.8) is 0 Å². The number of halogens is 1. The maximum Gasteiger partial charge on any atom is 0.0738 e. The van der Waals surface area contributed by atoms with Gasteiger partial charge in [-0.25, -0.2) is 0 Å². The van der Waals surface area contributed by atoms with E-state index in [-0.39, 0.29) is 0 Å². The van der Waals surface area contributed by atoms with Crippen molar-refractivity contribution in [2.45, 2.75) is 53.0 Å². The lowest BCUT2D eigenvalue weighted by Gasteiger charge is -2.31. The minimum atomic E-state index is 0.464. The number of nitrogens with one attached hydrogen (secondary N) is 1. The summed E-state index contributed by atoms with van der Waals surface area (Å²) < 4.78 is 3.42. The van der Waals surface area contributed by atoms with Crippen LogP contribution in [0.5, 0.6) is 0 Å². The lowest BCUT2D eigenvalue weighted by Crippen LogP contribution is -2.36. The quantitative estimate of drug-likeness (QED) is 0.858. The molecule has 0 spiro atoms. The Kier molecular flexibility index (Phi) is 3.97. The van der Waals surface area contributed by atoms with Gasteiger partial charge in [-0.1, -0.05) is 6.92 Å². The van der Waals surface area contributed by atoms with Crippen molar-refractivity contribution in [3.05, 3.63) is 15.9 Å². The van der Waals surface area contributed by atoms with Gasteiger partial charge in [0.15, 0.2) is 0 Å². The number of fused-ring (bicyclic) bond motifs is 1. The number of aryl methyl sites for hydroxylation is 2. The highest BCUT2D eigenvalue weighted by Crippen LogP contribution is 2.60. The molecule has 112 valence electrons. The third kappa shape index (κ3) is 2.57. The first kappa shape index (κ1) is 14.6. The first-order valence-electron chi connectivity index (χ1n) is 8.01. The van der Waals surface area contributed by atoms with E-state index in [9.17, 15) is 0 Å². The minimum Gasteiger partial charge on any atom is -0.316 e. The van der Waals surface area contributed by atoms with Crippen LogP contribution in [0.25, 0.3) is 0 Å². The summed E-state index contributed by atoms with van der Waals surface area (Å²) in [4.78, 5) is 0. The zero-order valence-corrected chi connectivity index (χ0v) is 14.5. The summed E-state index contributed by atoms with van der Waals surface area (Å²) in [6, 6.07) is 0. The van der Waals surface area contributed by atoms with Crippen LogP contribution in [0.3, 0.4) is 0 Å². The van der Waals surface area contributed by atoms with Gasteiger partial charge in [0.2, 0.25) is 0 Å². The maximum absolute atomic E-state index is 4.66. The second-order valence-electron chi connectivity index (χ2n) is 6.78. The van der Waals surface area contributed by atoms with Crippen LogP contribution in [0.4, 0.5) is 0 Å². The molecule has 0 amide bonds. The standard InChI is InChI=1S/C16H26BrN3/c1-4-18-10-16(7-12-6-13(12)8-16)9-14-15(17)11(3)19-20(14)5-2/h12-13,18H,4-10H2,1-3H3. The zero-order valence-electron chi connectivity index (χ0n) is 12.9. The van der Waals surface area contributed by atoms with Gasteiger partial charge in [0, 0.05) is 13.1 Å². The third-order valence-corrected chi connectivity index (χ3v) is 6.24. The molecule has 1 N–H and O–H groups in total. The van der Waals surface area contributed by atoms with E-state index in [4.69, 9.17) is 0 Å². The first-order chi connectivity index (χ1) is 9.58. The molecular formula is C16H26BrN3. The number of aromatic nitrogens is 2. The lowest BCUT2D eigenvalue weighted by atomic mass is 9.78. The van der Waals surface area contributed by atoms with E-state index in [2.05, 4.69) is 51.8 Å². The molecule has 1 heterocycles. The number of hydrogen-bond donors (Lipinski definition) is 1. The Balaban J connectivity index is 1.83. The molecule has 2 aliphatic rings. The molecular weight excluding hydrogens is 314 g/mol. The summed E-state index contributed by atoms with van der Waals surface area (Å²) in [6.07, 6.45) is 5.47. The molecule has 2 fully saturated rings. The molecule has 20 heavy (non-hydrogen) atoms. The van der Waals surface area contributed by atoms with Crippen molar-refractivity contribution in [3.8, 4) is 0 Å². The Hall–Kier alpha value is -0.350. The van der Waals surface area contributed by atoms with Crippen molar-refractivity contribution in [1.82, 2.24) is 15.1 Å². The van der Waals surface area contributed by atoms with E-state index in [0.717, 1.165) is 37.2 Å². The van der Waals surface area contributed by atoms with Gasteiger partial charge in [-0.05, 0) is 79.3 Å². The van der Waals surface area contributed by atoms with Gasteiger partial charge in [-0.2, -0.15) is 5.10 Å². The summed E-state index contributed by atoms with van der Waals surface area (Å²) in [6.45, 7) is 9.70. The second-order valence-corrected chi connectivity index (χ2v) is 7.58. The monoisotopic (exact) mass is 339 g/mol. The van der Waals surface area contributed by atoms with E-state index in [1.165, 1.54) is 35.8 Å². The van der Waals surface area contributed by atoms with Crippen molar-refractivity contribution in [2.24, 2.45) is 17.3 Å². The SMILES string of the molecule is CCNCC1(Cc2c(Br)c(C)nn2CC)CC2CC2C1. The van der Waals surface area contributed by atoms with E-state index >= 15 is 0 Å². The molecule has 2 atom stereocenters. The summed E-state index contributed by atoms with van der Waals surface area (Å²) in [5.41, 5.74) is 3.00. The van der Waals surface area contributed by atoms with E-state index < -0.39 is 0 Å². The van der Waals surface area contributed by atoms with E-state index in [1.807, 2.05) is 0 Å². The molecule has 0 aromatic carbocycles. The van der Waals surface area contributed by atoms with Gasteiger partial charge < -0.3 is 5.32 Å². The molecule has 0 radical (unpaired) electrons. The van der Waals surface area contributed by atoms with Crippen molar-refractivity contribution in [2.75, 3.05) is 13.1 Å². The normalized spacial score (nSPS) is 31.6. The highest BCUT2D eigenvalue weighted by molar-refractivity contribution is 9.10. The second kappa shape index (κ2) is 5.45. The fourth-order valence-corrected chi connectivity index (χ4v) is 4.56. The fraction of sp³-hybridized carbons (Fsp3) is 0.812. The van der Waals surface area contributed by atoms with Crippen molar-refractivity contribution in [1.29, 1.82) is 0 Å². The molecule has 0 saturated heterocycles. The summed E-state index contributed by atoms with van der Waals surface area (Å²) in [5.74, 6) is 2.04. The number of nitrogens with zero attached hydrogens (tertiary/aromatic N) is 2. The molecule has 3 nitrogen and oxygen atoms in total. The van der Waals surface area contributed by atoms with Crippen LogP contribution in [-0.4, -0.2) is 22.9 Å². The highest BCUT2D eigenvalue weighted by atomic mass is 79.9. The largest absolute Gasteiger partial charge is 0.316 e. The van der Waals surface area contributed by atoms with Crippen molar-refractivity contribution < 1.29 is 0 Å².